The number of benzene rings is 2. The van der Waals surface area contributed by atoms with Crippen molar-refractivity contribution in [3.8, 4) is 0 Å². The summed E-state index contributed by atoms with van der Waals surface area (Å²) in [6.07, 6.45) is 4.54. The second-order valence-corrected chi connectivity index (χ2v) is 8.30. The van der Waals surface area contributed by atoms with E-state index in [1.54, 1.807) is 25.3 Å². The van der Waals surface area contributed by atoms with Crippen LogP contribution in [0.4, 0.5) is 0 Å². The number of fused-ring (bicyclic) bond motifs is 1. The Bertz CT molecular complexity index is 965. The second kappa shape index (κ2) is 9.43. The summed E-state index contributed by atoms with van der Waals surface area (Å²) >= 11 is 0. The fourth-order valence-electron chi connectivity index (χ4n) is 4.57. The quantitative estimate of drug-likeness (QED) is 0.546. The molecule has 1 aliphatic heterocycles. The predicted molar refractivity (Wildman–Crippen MR) is 117 cm³/mol. The molecule has 6 nitrogen and oxygen atoms in total. The molecule has 2 aromatic carbocycles. The van der Waals surface area contributed by atoms with Crippen LogP contribution in [0.3, 0.4) is 0 Å². The van der Waals surface area contributed by atoms with Gasteiger partial charge in [0.05, 0.1) is 11.1 Å². The molecule has 0 aromatic heterocycles. The summed E-state index contributed by atoms with van der Waals surface area (Å²) in [4.78, 5) is 39.2. The number of rotatable bonds is 7. The lowest BCUT2D eigenvalue weighted by Gasteiger charge is -2.29. The standard InChI is InChI=1S/C25H28N2O4/c1-31-15-5-14-27-24(29)21-13-10-19(16-22(21)25(27)30)23(28)26-20-11-8-18(9-12-20)17-6-3-2-4-7-17/h2-4,6-7,10,13,16,18,20H,5,8-9,11-12,14-15H2,1H3,(H,26,28). The Kier molecular flexibility index (Phi) is 6.47. The maximum absolute atomic E-state index is 12.8. The van der Waals surface area contributed by atoms with Crippen LogP contribution in [0.25, 0.3) is 0 Å². The highest BCUT2D eigenvalue weighted by Crippen LogP contribution is 2.33. The van der Waals surface area contributed by atoms with Crippen molar-refractivity contribution in [1.82, 2.24) is 10.2 Å². The first-order valence-corrected chi connectivity index (χ1v) is 10.9. The molecule has 1 saturated carbocycles. The first-order valence-electron chi connectivity index (χ1n) is 10.9. The van der Waals surface area contributed by atoms with E-state index in [-0.39, 0.29) is 23.8 Å². The fourth-order valence-corrected chi connectivity index (χ4v) is 4.57. The van der Waals surface area contributed by atoms with Gasteiger partial charge in [-0.3, -0.25) is 19.3 Å². The molecule has 2 aromatic rings. The Hall–Kier alpha value is -2.99. The third-order valence-corrected chi connectivity index (χ3v) is 6.30. The number of amides is 3. The van der Waals surface area contributed by atoms with Gasteiger partial charge in [0.2, 0.25) is 0 Å². The molecule has 31 heavy (non-hydrogen) atoms. The fraction of sp³-hybridized carbons (Fsp3) is 0.400. The Morgan fingerprint density at radius 1 is 1.00 bits per heavy atom. The molecule has 0 spiro atoms. The summed E-state index contributed by atoms with van der Waals surface area (Å²) in [5.74, 6) is -0.289. The SMILES string of the molecule is COCCCN1C(=O)c2ccc(C(=O)NC3CCC(c4ccccc4)CC3)cc2C1=O. The molecule has 3 amide bonds. The van der Waals surface area contributed by atoms with Crippen molar-refractivity contribution < 1.29 is 19.1 Å². The molecule has 2 aliphatic rings. The lowest BCUT2D eigenvalue weighted by atomic mass is 9.81. The van der Waals surface area contributed by atoms with E-state index in [9.17, 15) is 14.4 Å². The van der Waals surface area contributed by atoms with E-state index in [0.717, 1.165) is 25.7 Å². The van der Waals surface area contributed by atoms with Crippen LogP contribution in [0, 0.1) is 0 Å². The maximum atomic E-state index is 12.8. The van der Waals surface area contributed by atoms with Crippen molar-refractivity contribution in [3.05, 3.63) is 70.8 Å². The number of methoxy groups -OCH3 is 1. The number of nitrogens with zero attached hydrogens (tertiary/aromatic N) is 1. The zero-order valence-corrected chi connectivity index (χ0v) is 17.8. The average Bonchev–Trinajstić information content (AvgIpc) is 3.04. The molecule has 0 bridgehead atoms. The minimum absolute atomic E-state index is 0.128. The van der Waals surface area contributed by atoms with Gasteiger partial charge in [-0.2, -0.15) is 0 Å². The lowest BCUT2D eigenvalue weighted by molar-refractivity contribution is 0.0638. The van der Waals surface area contributed by atoms with Crippen molar-refractivity contribution in [1.29, 1.82) is 0 Å². The Morgan fingerprint density at radius 2 is 1.71 bits per heavy atom. The highest BCUT2D eigenvalue weighted by molar-refractivity contribution is 6.22. The summed E-state index contributed by atoms with van der Waals surface area (Å²) in [5, 5.41) is 3.11. The molecular formula is C25H28N2O4. The van der Waals surface area contributed by atoms with Crippen LogP contribution < -0.4 is 5.32 Å². The molecule has 0 atom stereocenters. The summed E-state index contributed by atoms with van der Waals surface area (Å²) in [5.41, 5.74) is 2.46. The second-order valence-electron chi connectivity index (χ2n) is 8.30. The Labute approximate surface area is 182 Å². The van der Waals surface area contributed by atoms with Gasteiger partial charge in [0.25, 0.3) is 17.7 Å². The normalized spacial score (nSPS) is 20.6. The summed E-state index contributed by atoms with van der Waals surface area (Å²) in [6.45, 7) is 0.792. The molecule has 4 rings (SSSR count). The van der Waals surface area contributed by atoms with Crippen molar-refractivity contribution >= 4 is 17.7 Å². The van der Waals surface area contributed by atoms with Gasteiger partial charge >= 0.3 is 0 Å². The minimum atomic E-state index is -0.339. The lowest BCUT2D eigenvalue weighted by Crippen LogP contribution is -2.37. The summed E-state index contributed by atoms with van der Waals surface area (Å²) < 4.78 is 5.00. The molecule has 0 saturated heterocycles. The zero-order valence-electron chi connectivity index (χ0n) is 17.8. The number of carbonyl (C=O) groups is 3. The van der Waals surface area contributed by atoms with Crippen molar-refractivity contribution in [2.24, 2.45) is 0 Å². The summed E-state index contributed by atoms with van der Waals surface area (Å²) in [6, 6.07) is 15.4. The highest BCUT2D eigenvalue weighted by Gasteiger charge is 2.35. The van der Waals surface area contributed by atoms with Gasteiger partial charge in [-0.05, 0) is 61.8 Å². The van der Waals surface area contributed by atoms with Gasteiger partial charge in [-0.15, -0.1) is 0 Å². The minimum Gasteiger partial charge on any atom is -0.385 e. The van der Waals surface area contributed by atoms with Crippen molar-refractivity contribution in [2.75, 3.05) is 20.3 Å². The molecule has 1 heterocycles. The number of imide groups is 1. The van der Waals surface area contributed by atoms with E-state index in [1.807, 2.05) is 6.07 Å². The number of nitrogens with one attached hydrogen (secondary N) is 1. The van der Waals surface area contributed by atoms with Gasteiger partial charge in [0.15, 0.2) is 0 Å². The largest absolute Gasteiger partial charge is 0.385 e. The summed E-state index contributed by atoms with van der Waals surface area (Å²) in [7, 11) is 1.58. The molecule has 0 unspecified atom stereocenters. The monoisotopic (exact) mass is 420 g/mol. The van der Waals surface area contributed by atoms with E-state index in [1.165, 1.54) is 10.5 Å². The van der Waals surface area contributed by atoms with Crippen LogP contribution in [0.15, 0.2) is 48.5 Å². The molecular weight excluding hydrogens is 392 g/mol. The van der Waals surface area contributed by atoms with E-state index in [4.69, 9.17) is 4.74 Å². The zero-order chi connectivity index (χ0) is 21.8. The number of hydrogen-bond donors (Lipinski definition) is 1. The van der Waals surface area contributed by atoms with Crippen LogP contribution in [0.5, 0.6) is 0 Å². The van der Waals surface area contributed by atoms with E-state index >= 15 is 0 Å². The van der Waals surface area contributed by atoms with Gasteiger partial charge in [0.1, 0.15) is 0 Å². The third kappa shape index (κ3) is 4.54. The van der Waals surface area contributed by atoms with Gasteiger partial charge in [-0.1, -0.05) is 30.3 Å². The average molecular weight is 421 g/mol. The third-order valence-electron chi connectivity index (χ3n) is 6.30. The number of hydrogen-bond acceptors (Lipinski definition) is 4. The van der Waals surface area contributed by atoms with Gasteiger partial charge in [0, 0.05) is 31.9 Å². The first kappa shape index (κ1) is 21.2. The van der Waals surface area contributed by atoms with E-state index in [2.05, 4.69) is 29.6 Å². The van der Waals surface area contributed by atoms with Crippen LogP contribution >= 0.6 is 0 Å². The number of carbonyl (C=O) groups excluding carboxylic acids is 3. The van der Waals surface area contributed by atoms with Crippen LogP contribution in [-0.2, 0) is 4.74 Å². The van der Waals surface area contributed by atoms with Gasteiger partial charge in [-0.25, -0.2) is 0 Å². The van der Waals surface area contributed by atoms with Crippen molar-refractivity contribution in [2.45, 2.75) is 44.1 Å². The van der Waals surface area contributed by atoms with Crippen LogP contribution in [-0.4, -0.2) is 48.9 Å². The highest BCUT2D eigenvalue weighted by atomic mass is 16.5. The predicted octanol–water partition coefficient (Wildman–Crippen LogP) is 3.78. The van der Waals surface area contributed by atoms with Crippen LogP contribution in [0.2, 0.25) is 0 Å². The maximum Gasteiger partial charge on any atom is 0.261 e. The molecule has 6 heteroatoms. The van der Waals surface area contributed by atoms with E-state index in [0.29, 0.717) is 42.2 Å². The molecule has 1 aliphatic carbocycles. The Balaban J connectivity index is 1.37. The smallest absolute Gasteiger partial charge is 0.261 e. The van der Waals surface area contributed by atoms with Crippen molar-refractivity contribution in [3.63, 3.8) is 0 Å². The number of ether oxygens (including phenoxy) is 1. The molecule has 0 radical (unpaired) electrons. The van der Waals surface area contributed by atoms with E-state index < -0.39 is 0 Å². The topological polar surface area (TPSA) is 75.7 Å². The Morgan fingerprint density at radius 3 is 2.42 bits per heavy atom. The first-order chi connectivity index (χ1) is 15.1. The molecule has 162 valence electrons. The molecule has 1 N–H and O–H groups in total. The van der Waals surface area contributed by atoms with Gasteiger partial charge < -0.3 is 10.1 Å². The molecule has 1 fully saturated rings. The van der Waals surface area contributed by atoms with Crippen LogP contribution in [0.1, 0.15) is 74.7 Å².